The summed E-state index contributed by atoms with van der Waals surface area (Å²) in [6.07, 6.45) is 4.61. The summed E-state index contributed by atoms with van der Waals surface area (Å²) in [6.45, 7) is 8.57. The van der Waals surface area contributed by atoms with E-state index in [2.05, 4.69) is 24.1 Å². The van der Waals surface area contributed by atoms with Gasteiger partial charge in [-0.2, -0.15) is 0 Å². The van der Waals surface area contributed by atoms with Crippen LogP contribution in [0.3, 0.4) is 0 Å². The van der Waals surface area contributed by atoms with E-state index in [9.17, 15) is 8.42 Å². The molecule has 1 aliphatic rings. The number of nitrogens with one attached hydrogen (secondary N) is 1. The molecule has 0 aromatic carbocycles. The first kappa shape index (κ1) is 15.9. The highest BCUT2D eigenvalue weighted by Gasteiger charge is 2.23. The maximum atomic E-state index is 11.1. The zero-order valence-corrected chi connectivity index (χ0v) is 12.8. The number of likely N-dealkylation sites (tertiary alicyclic amines) is 1. The lowest BCUT2D eigenvalue weighted by Gasteiger charge is -2.36. The van der Waals surface area contributed by atoms with Crippen LogP contribution in [-0.2, 0) is 9.84 Å². The summed E-state index contributed by atoms with van der Waals surface area (Å²) in [5.41, 5.74) is 0. The van der Waals surface area contributed by atoms with Crippen LogP contribution in [0.2, 0.25) is 0 Å². The maximum absolute atomic E-state index is 11.1. The molecule has 0 saturated carbocycles. The van der Waals surface area contributed by atoms with E-state index in [1.807, 2.05) is 0 Å². The molecule has 1 rings (SSSR count). The molecule has 0 aromatic rings. The molecule has 0 amide bonds. The Balaban J connectivity index is 2.30. The van der Waals surface area contributed by atoms with Crippen LogP contribution in [0.25, 0.3) is 0 Å². The normalized spacial score (nSPS) is 24.1. The first-order valence-corrected chi connectivity index (χ1v) is 9.12. The van der Waals surface area contributed by atoms with E-state index in [0.29, 0.717) is 17.7 Å². The summed E-state index contributed by atoms with van der Waals surface area (Å²) in [6, 6.07) is 0.563. The molecule has 1 heterocycles. The second-order valence-corrected chi connectivity index (χ2v) is 7.79. The topological polar surface area (TPSA) is 49.4 Å². The quantitative estimate of drug-likeness (QED) is 0.757. The van der Waals surface area contributed by atoms with Crippen molar-refractivity contribution in [3.8, 4) is 0 Å². The average Bonchev–Trinajstić information content (AvgIpc) is 2.28. The van der Waals surface area contributed by atoms with Crippen molar-refractivity contribution in [1.82, 2.24) is 10.2 Å². The van der Waals surface area contributed by atoms with Crippen LogP contribution in [-0.4, -0.2) is 57.5 Å². The van der Waals surface area contributed by atoms with Crippen molar-refractivity contribution in [1.29, 1.82) is 0 Å². The van der Waals surface area contributed by atoms with Gasteiger partial charge in [0.1, 0.15) is 9.84 Å². The van der Waals surface area contributed by atoms with Gasteiger partial charge >= 0.3 is 0 Å². The molecule has 0 aromatic heterocycles. The van der Waals surface area contributed by atoms with Gasteiger partial charge in [-0.3, -0.25) is 0 Å². The minimum atomic E-state index is -2.80. The van der Waals surface area contributed by atoms with Crippen molar-refractivity contribution in [3.63, 3.8) is 0 Å². The van der Waals surface area contributed by atoms with Gasteiger partial charge in [0.2, 0.25) is 0 Å². The lowest BCUT2D eigenvalue weighted by molar-refractivity contribution is 0.152. The Bertz CT molecular complexity index is 330. The lowest BCUT2D eigenvalue weighted by atomic mass is 9.91. The molecule has 2 unspecified atom stereocenters. The molecule has 0 spiro atoms. The van der Waals surface area contributed by atoms with Gasteiger partial charge < -0.3 is 10.2 Å². The fourth-order valence-electron chi connectivity index (χ4n) is 2.74. The molecule has 1 saturated heterocycles. The van der Waals surface area contributed by atoms with Gasteiger partial charge in [-0.05, 0) is 51.7 Å². The van der Waals surface area contributed by atoms with E-state index in [-0.39, 0.29) is 0 Å². The molecule has 108 valence electrons. The zero-order chi connectivity index (χ0) is 13.6. The first-order valence-electron chi connectivity index (χ1n) is 7.06. The van der Waals surface area contributed by atoms with Crippen molar-refractivity contribution in [2.24, 2.45) is 5.92 Å². The summed E-state index contributed by atoms with van der Waals surface area (Å²) < 4.78 is 22.2. The Morgan fingerprint density at radius 1 is 1.44 bits per heavy atom. The largest absolute Gasteiger partial charge is 0.314 e. The number of hydrogen-bond donors (Lipinski definition) is 1. The van der Waals surface area contributed by atoms with E-state index in [0.717, 1.165) is 32.6 Å². The van der Waals surface area contributed by atoms with Crippen molar-refractivity contribution < 1.29 is 8.42 Å². The van der Waals surface area contributed by atoms with Crippen molar-refractivity contribution in [3.05, 3.63) is 0 Å². The highest BCUT2D eigenvalue weighted by atomic mass is 32.2. The lowest BCUT2D eigenvalue weighted by Crippen LogP contribution is -2.44. The molecule has 0 radical (unpaired) electrons. The van der Waals surface area contributed by atoms with Crippen LogP contribution in [0.4, 0.5) is 0 Å². The highest BCUT2D eigenvalue weighted by molar-refractivity contribution is 7.90. The second-order valence-electron chi connectivity index (χ2n) is 5.53. The Morgan fingerprint density at radius 3 is 2.78 bits per heavy atom. The van der Waals surface area contributed by atoms with Crippen LogP contribution < -0.4 is 5.32 Å². The molecule has 2 atom stereocenters. The zero-order valence-electron chi connectivity index (χ0n) is 12.0. The minimum Gasteiger partial charge on any atom is -0.314 e. The minimum absolute atomic E-state index is 0.316. The van der Waals surface area contributed by atoms with Crippen molar-refractivity contribution in [2.75, 3.05) is 38.2 Å². The van der Waals surface area contributed by atoms with Crippen LogP contribution in [0.1, 0.15) is 33.1 Å². The van der Waals surface area contributed by atoms with Gasteiger partial charge in [-0.25, -0.2) is 8.42 Å². The van der Waals surface area contributed by atoms with Gasteiger partial charge in [-0.15, -0.1) is 0 Å². The number of piperidine rings is 1. The monoisotopic (exact) mass is 276 g/mol. The second kappa shape index (κ2) is 7.46. The van der Waals surface area contributed by atoms with Gasteiger partial charge in [0.15, 0.2) is 0 Å². The molecule has 1 N–H and O–H groups in total. The summed E-state index contributed by atoms with van der Waals surface area (Å²) in [4.78, 5) is 2.42. The van der Waals surface area contributed by atoms with Crippen LogP contribution >= 0.6 is 0 Å². The predicted molar refractivity (Wildman–Crippen MR) is 76.6 cm³/mol. The number of sulfone groups is 1. The average molecular weight is 276 g/mol. The molecule has 4 nitrogen and oxygen atoms in total. The molecule has 18 heavy (non-hydrogen) atoms. The maximum Gasteiger partial charge on any atom is 0.147 e. The third-order valence-corrected chi connectivity index (χ3v) is 4.79. The molecule has 0 bridgehead atoms. The number of rotatable bonds is 7. The van der Waals surface area contributed by atoms with Crippen LogP contribution in [0.15, 0.2) is 0 Å². The van der Waals surface area contributed by atoms with E-state index >= 15 is 0 Å². The molecular formula is C13H28N2O2S. The van der Waals surface area contributed by atoms with Gasteiger partial charge in [0, 0.05) is 18.8 Å². The molecule has 1 aliphatic heterocycles. The van der Waals surface area contributed by atoms with Crippen molar-refractivity contribution in [2.45, 2.75) is 39.2 Å². The third-order valence-electron chi connectivity index (χ3n) is 3.76. The summed E-state index contributed by atoms with van der Waals surface area (Å²) in [5.74, 6) is 1.02. The van der Waals surface area contributed by atoms with Gasteiger partial charge in [0.25, 0.3) is 0 Å². The SMILES string of the molecule is CCNC(C)C1CCCN(CCCS(C)(=O)=O)C1. The molecule has 1 fully saturated rings. The summed E-state index contributed by atoms with van der Waals surface area (Å²) >= 11 is 0. The molecular weight excluding hydrogens is 248 g/mol. The Labute approximate surface area is 112 Å². The predicted octanol–water partition coefficient (Wildman–Crippen LogP) is 1.13. The van der Waals surface area contributed by atoms with E-state index in [4.69, 9.17) is 0 Å². The number of nitrogens with zero attached hydrogens (tertiary/aromatic N) is 1. The Kier molecular flexibility index (Phi) is 6.60. The standard InChI is InChI=1S/C13H28N2O2S/c1-4-14-12(2)13-7-5-8-15(11-13)9-6-10-18(3,16)17/h12-14H,4-11H2,1-3H3. The Morgan fingerprint density at radius 2 is 2.17 bits per heavy atom. The molecule has 0 aliphatic carbocycles. The van der Waals surface area contributed by atoms with E-state index in [1.54, 1.807) is 0 Å². The van der Waals surface area contributed by atoms with E-state index < -0.39 is 9.84 Å². The Hall–Kier alpha value is -0.130. The first-order chi connectivity index (χ1) is 8.42. The van der Waals surface area contributed by atoms with Crippen molar-refractivity contribution >= 4 is 9.84 Å². The smallest absolute Gasteiger partial charge is 0.147 e. The fraction of sp³-hybridized carbons (Fsp3) is 1.00. The van der Waals surface area contributed by atoms with Crippen LogP contribution in [0.5, 0.6) is 0 Å². The van der Waals surface area contributed by atoms with Crippen LogP contribution in [0, 0.1) is 5.92 Å². The fourth-order valence-corrected chi connectivity index (χ4v) is 3.39. The number of hydrogen-bond acceptors (Lipinski definition) is 4. The summed E-state index contributed by atoms with van der Waals surface area (Å²) in [5, 5.41) is 3.49. The third kappa shape index (κ3) is 6.16. The van der Waals surface area contributed by atoms with E-state index in [1.165, 1.54) is 19.1 Å². The highest BCUT2D eigenvalue weighted by Crippen LogP contribution is 2.19. The van der Waals surface area contributed by atoms with Gasteiger partial charge in [-0.1, -0.05) is 6.92 Å². The summed E-state index contributed by atoms with van der Waals surface area (Å²) in [7, 11) is -2.80. The molecule has 5 heteroatoms. The van der Waals surface area contributed by atoms with Gasteiger partial charge in [0.05, 0.1) is 5.75 Å².